The quantitative estimate of drug-likeness (QED) is 0.519. The van der Waals surface area contributed by atoms with Crippen molar-refractivity contribution in [1.29, 1.82) is 0 Å². The zero-order valence-electron chi connectivity index (χ0n) is 16.7. The first-order valence-corrected chi connectivity index (χ1v) is 10.3. The minimum atomic E-state index is -0.254. The van der Waals surface area contributed by atoms with Crippen LogP contribution in [-0.4, -0.2) is 31.2 Å². The van der Waals surface area contributed by atoms with Gasteiger partial charge in [-0.2, -0.15) is 0 Å². The summed E-state index contributed by atoms with van der Waals surface area (Å²) in [6.07, 6.45) is 0.969. The first-order chi connectivity index (χ1) is 14.1. The molecule has 0 aliphatic heterocycles. The van der Waals surface area contributed by atoms with Crippen molar-refractivity contribution in [3.8, 4) is 28.5 Å². The van der Waals surface area contributed by atoms with Crippen molar-refractivity contribution in [2.45, 2.75) is 20.3 Å². The van der Waals surface area contributed by atoms with Crippen molar-refractivity contribution in [3.63, 3.8) is 0 Å². The van der Waals surface area contributed by atoms with E-state index in [0.29, 0.717) is 35.4 Å². The summed E-state index contributed by atoms with van der Waals surface area (Å²) >= 11 is 1.38. The maximum Gasteiger partial charge on any atom is 0.257 e. The Morgan fingerprint density at radius 1 is 1.07 bits per heavy atom. The molecule has 1 N–H and O–H groups in total. The van der Waals surface area contributed by atoms with Crippen LogP contribution in [0.3, 0.4) is 0 Å². The topological polar surface area (TPSA) is 69.7 Å². The fraction of sp³-hybridized carbons (Fsp3) is 0.273. The fourth-order valence-electron chi connectivity index (χ4n) is 2.66. The number of anilines is 1. The van der Waals surface area contributed by atoms with E-state index in [1.807, 2.05) is 36.6 Å². The molecule has 1 aromatic heterocycles. The second-order valence-electron chi connectivity index (χ2n) is 6.16. The Hall–Kier alpha value is -3.06. The molecule has 1 heterocycles. The molecule has 29 heavy (non-hydrogen) atoms. The number of carbonyl (C=O) groups is 1. The normalized spacial score (nSPS) is 10.4. The molecule has 1 amide bonds. The summed E-state index contributed by atoms with van der Waals surface area (Å²) in [7, 11) is 1.55. The highest BCUT2D eigenvalue weighted by molar-refractivity contribution is 7.14. The van der Waals surface area contributed by atoms with E-state index >= 15 is 0 Å². The average Bonchev–Trinajstić information content (AvgIpc) is 3.21. The third-order valence-electron chi connectivity index (χ3n) is 4.07. The van der Waals surface area contributed by atoms with E-state index in [-0.39, 0.29) is 5.91 Å². The Bertz CT molecular complexity index is 954. The third kappa shape index (κ3) is 5.26. The Morgan fingerprint density at radius 3 is 2.55 bits per heavy atom. The SMILES string of the molecule is CCCOc1ccc(-c2csc(NC(=O)c3ccc(OCC)c(OC)c3)n2)cc1. The summed E-state index contributed by atoms with van der Waals surface area (Å²) in [5.41, 5.74) is 2.24. The second-order valence-corrected chi connectivity index (χ2v) is 7.02. The molecule has 0 saturated heterocycles. The molecule has 0 spiro atoms. The number of nitrogens with one attached hydrogen (secondary N) is 1. The summed E-state index contributed by atoms with van der Waals surface area (Å²) in [4.78, 5) is 17.1. The van der Waals surface area contributed by atoms with Crippen LogP contribution >= 0.6 is 11.3 Å². The summed E-state index contributed by atoms with van der Waals surface area (Å²) in [5, 5.41) is 5.28. The number of carbonyl (C=O) groups excluding carboxylic acids is 1. The largest absolute Gasteiger partial charge is 0.494 e. The van der Waals surface area contributed by atoms with Crippen molar-refractivity contribution in [3.05, 3.63) is 53.4 Å². The predicted octanol–water partition coefficient (Wildman–Crippen LogP) is 5.26. The van der Waals surface area contributed by atoms with E-state index < -0.39 is 0 Å². The number of hydrogen-bond acceptors (Lipinski definition) is 6. The number of methoxy groups -OCH3 is 1. The van der Waals surface area contributed by atoms with E-state index in [1.165, 1.54) is 11.3 Å². The molecule has 6 nitrogen and oxygen atoms in total. The monoisotopic (exact) mass is 412 g/mol. The lowest BCUT2D eigenvalue weighted by atomic mass is 10.2. The Balaban J connectivity index is 1.69. The van der Waals surface area contributed by atoms with Crippen LogP contribution in [0, 0.1) is 0 Å². The van der Waals surface area contributed by atoms with Gasteiger partial charge in [0.1, 0.15) is 5.75 Å². The van der Waals surface area contributed by atoms with Gasteiger partial charge in [-0.1, -0.05) is 6.92 Å². The van der Waals surface area contributed by atoms with Gasteiger partial charge in [-0.3, -0.25) is 10.1 Å². The minimum Gasteiger partial charge on any atom is -0.494 e. The number of aromatic nitrogens is 1. The Morgan fingerprint density at radius 2 is 1.86 bits per heavy atom. The molecule has 0 bridgehead atoms. The molecule has 0 aliphatic carbocycles. The van der Waals surface area contributed by atoms with E-state index in [1.54, 1.807) is 25.3 Å². The lowest BCUT2D eigenvalue weighted by Crippen LogP contribution is -2.12. The van der Waals surface area contributed by atoms with Crippen LogP contribution in [0.15, 0.2) is 47.8 Å². The van der Waals surface area contributed by atoms with E-state index in [9.17, 15) is 4.79 Å². The number of rotatable bonds is 9. The molecular formula is C22H24N2O4S. The summed E-state index contributed by atoms with van der Waals surface area (Å²) in [6, 6.07) is 12.9. The maximum atomic E-state index is 12.6. The van der Waals surface area contributed by atoms with Gasteiger partial charge in [-0.25, -0.2) is 4.98 Å². The predicted molar refractivity (Wildman–Crippen MR) is 115 cm³/mol. The van der Waals surface area contributed by atoms with Gasteiger partial charge in [-0.15, -0.1) is 11.3 Å². The first-order valence-electron chi connectivity index (χ1n) is 9.45. The minimum absolute atomic E-state index is 0.254. The van der Waals surface area contributed by atoms with Crippen molar-refractivity contribution in [1.82, 2.24) is 4.98 Å². The van der Waals surface area contributed by atoms with Crippen molar-refractivity contribution < 1.29 is 19.0 Å². The zero-order chi connectivity index (χ0) is 20.6. The smallest absolute Gasteiger partial charge is 0.257 e. The zero-order valence-corrected chi connectivity index (χ0v) is 17.5. The van der Waals surface area contributed by atoms with Crippen LogP contribution in [-0.2, 0) is 0 Å². The molecule has 3 aromatic rings. The molecule has 0 saturated carbocycles. The third-order valence-corrected chi connectivity index (χ3v) is 4.83. The highest BCUT2D eigenvalue weighted by Gasteiger charge is 2.13. The van der Waals surface area contributed by atoms with Gasteiger partial charge >= 0.3 is 0 Å². The number of amides is 1. The van der Waals surface area contributed by atoms with Crippen LogP contribution in [0.2, 0.25) is 0 Å². The standard InChI is InChI=1S/C22H24N2O4S/c1-4-12-28-17-9-6-15(7-10-17)18-14-29-22(23-18)24-21(25)16-8-11-19(27-5-2)20(13-16)26-3/h6-11,13-14H,4-5,12H2,1-3H3,(H,23,24,25). The molecule has 0 fully saturated rings. The summed E-state index contributed by atoms with van der Waals surface area (Å²) in [6.45, 7) is 5.19. The van der Waals surface area contributed by atoms with Gasteiger partial charge in [0.2, 0.25) is 0 Å². The average molecular weight is 413 g/mol. The number of ether oxygens (including phenoxy) is 3. The van der Waals surface area contributed by atoms with Crippen LogP contribution in [0.5, 0.6) is 17.2 Å². The van der Waals surface area contributed by atoms with Gasteiger partial charge in [0, 0.05) is 16.5 Å². The molecule has 0 radical (unpaired) electrons. The lowest BCUT2D eigenvalue weighted by Gasteiger charge is -2.10. The number of nitrogens with zero attached hydrogens (tertiary/aromatic N) is 1. The highest BCUT2D eigenvalue weighted by Crippen LogP contribution is 2.30. The Labute approximate surface area is 174 Å². The number of thiazole rings is 1. The summed E-state index contributed by atoms with van der Waals surface area (Å²) in [5.74, 6) is 1.71. The lowest BCUT2D eigenvalue weighted by molar-refractivity contribution is 0.102. The first kappa shape index (κ1) is 20.7. The number of benzene rings is 2. The van der Waals surface area contributed by atoms with Crippen molar-refractivity contribution in [2.24, 2.45) is 0 Å². The second kappa shape index (κ2) is 9.93. The van der Waals surface area contributed by atoms with Crippen LogP contribution in [0.1, 0.15) is 30.6 Å². The van der Waals surface area contributed by atoms with Gasteiger partial charge in [0.15, 0.2) is 16.6 Å². The maximum absolute atomic E-state index is 12.6. The molecule has 0 unspecified atom stereocenters. The highest BCUT2D eigenvalue weighted by atomic mass is 32.1. The van der Waals surface area contributed by atoms with E-state index in [0.717, 1.165) is 23.4 Å². The van der Waals surface area contributed by atoms with Crippen LogP contribution in [0.4, 0.5) is 5.13 Å². The van der Waals surface area contributed by atoms with Crippen molar-refractivity contribution in [2.75, 3.05) is 25.6 Å². The molecule has 7 heteroatoms. The van der Waals surface area contributed by atoms with Gasteiger partial charge < -0.3 is 14.2 Å². The fourth-order valence-corrected chi connectivity index (χ4v) is 3.37. The van der Waals surface area contributed by atoms with Gasteiger partial charge in [0.25, 0.3) is 5.91 Å². The Kier molecular flexibility index (Phi) is 7.08. The molecular weight excluding hydrogens is 388 g/mol. The van der Waals surface area contributed by atoms with Crippen LogP contribution in [0.25, 0.3) is 11.3 Å². The molecule has 152 valence electrons. The van der Waals surface area contributed by atoms with Gasteiger partial charge in [-0.05, 0) is 55.8 Å². The summed E-state index contributed by atoms with van der Waals surface area (Å²) < 4.78 is 16.4. The molecule has 2 aromatic carbocycles. The van der Waals surface area contributed by atoms with Gasteiger partial charge in [0.05, 0.1) is 26.0 Å². The van der Waals surface area contributed by atoms with Crippen LogP contribution < -0.4 is 19.5 Å². The molecule has 0 aliphatic rings. The van der Waals surface area contributed by atoms with Crippen molar-refractivity contribution >= 4 is 22.4 Å². The molecule has 0 atom stereocenters. The number of hydrogen-bond donors (Lipinski definition) is 1. The van der Waals surface area contributed by atoms with E-state index in [4.69, 9.17) is 14.2 Å². The molecule has 3 rings (SSSR count). The van der Waals surface area contributed by atoms with E-state index in [2.05, 4.69) is 17.2 Å².